The Morgan fingerprint density at radius 2 is 1.86 bits per heavy atom. The highest BCUT2D eigenvalue weighted by atomic mass is 32.2. The van der Waals surface area contributed by atoms with Crippen molar-refractivity contribution in [3.8, 4) is 0 Å². The van der Waals surface area contributed by atoms with E-state index in [2.05, 4.69) is 4.72 Å². The molecule has 0 bridgehead atoms. The van der Waals surface area contributed by atoms with Crippen molar-refractivity contribution >= 4 is 31.4 Å². The van der Waals surface area contributed by atoms with Crippen molar-refractivity contribution in [2.45, 2.75) is 38.0 Å². The Bertz CT molecular complexity index is 1100. The van der Waals surface area contributed by atoms with Crippen molar-refractivity contribution in [1.82, 2.24) is 0 Å². The van der Waals surface area contributed by atoms with E-state index in [1.165, 1.54) is 17.3 Å². The number of fused-ring (bicyclic) bond motifs is 1. The van der Waals surface area contributed by atoms with Crippen molar-refractivity contribution in [2.75, 3.05) is 21.3 Å². The number of benzene rings is 2. The molecule has 6 nitrogen and oxygen atoms in total. The van der Waals surface area contributed by atoms with Gasteiger partial charge in [0.15, 0.2) is 0 Å². The lowest BCUT2D eigenvalue weighted by molar-refractivity contribution is 0.585. The largest absolute Gasteiger partial charge is 0.280 e. The fraction of sp³-hybridized carbons (Fsp3) is 0.368. The molecule has 0 unspecified atom stereocenters. The second-order valence-electron chi connectivity index (χ2n) is 6.85. The summed E-state index contributed by atoms with van der Waals surface area (Å²) in [6.07, 6.45) is 1.87. The zero-order chi connectivity index (χ0) is 20.5. The predicted molar refractivity (Wildman–Crippen MR) is 108 cm³/mol. The molecule has 1 aliphatic heterocycles. The highest BCUT2D eigenvalue weighted by molar-refractivity contribution is 7.93. The lowest BCUT2D eigenvalue weighted by Crippen LogP contribution is -2.37. The average molecular weight is 427 g/mol. The third-order valence-electron chi connectivity index (χ3n) is 4.63. The molecule has 28 heavy (non-hydrogen) atoms. The van der Waals surface area contributed by atoms with Gasteiger partial charge in [0.2, 0.25) is 10.0 Å². The van der Waals surface area contributed by atoms with Gasteiger partial charge in [-0.25, -0.2) is 21.2 Å². The standard InChI is InChI=1S/C19H23FN2O4S2/c1-3-11-27(23,24)22-10-4-5-15-13-17(7-8-18(15)22)21-28(25,26)19-9-6-16(20)12-14(19)2/h6-9,12-13,21H,3-5,10-11H2,1-2H3. The third kappa shape index (κ3) is 4.15. The van der Waals surface area contributed by atoms with Crippen LogP contribution in [0.4, 0.5) is 15.8 Å². The predicted octanol–water partition coefficient (Wildman–Crippen LogP) is 3.43. The van der Waals surface area contributed by atoms with Crippen molar-refractivity contribution in [3.05, 3.63) is 53.3 Å². The van der Waals surface area contributed by atoms with E-state index in [9.17, 15) is 21.2 Å². The van der Waals surface area contributed by atoms with Gasteiger partial charge in [-0.1, -0.05) is 6.92 Å². The van der Waals surface area contributed by atoms with Crippen LogP contribution in [0, 0.1) is 12.7 Å². The number of rotatable bonds is 6. The van der Waals surface area contributed by atoms with Gasteiger partial charge in [-0.15, -0.1) is 0 Å². The first kappa shape index (κ1) is 20.6. The number of nitrogens with zero attached hydrogens (tertiary/aromatic N) is 1. The SMILES string of the molecule is CCCS(=O)(=O)N1CCCc2cc(NS(=O)(=O)c3ccc(F)cc3C)ccc21. The molecular weight excluding hydrogens is 403 g/mol. The van der Waals surface area contributed by atoms with E-state index < -0.39 is 25.9 Å². The molecule has 152 valence electrons. The number of hydrogen-bond acceptors (Lipinski definition) is 4. The van der Waals surface area contributed by atoms with E-state index in [0.717, 1.165) is 17.7 Å². The minimum Gasteiger partial charge on any atom is -0.280 e. The normalized spacial score (nSPS) is 14.6. The van der Waals surface area contributed by atoms with Crippen LogP contribution in [0.1, 0.15) is 30.9 Å². The van der Waals surface area contributed by atoms with Crippen molar-refractivity contribution in [3.63, 3.8) is 0 Å². The molecule has 0 fully saturated rings. The van der Waals surface area contributed by atoms with Crippen LogP contribution in [-0.4, -0.2) is 29.1 Å². The maximum atomic E-state index is 13.3. The molecule has 3 rings (SSSR count). The number of aryl methyl sites for hydroxylation is 2. The van der Waals surface area contributed by atoms with E-state index in [-0.39, 0.29) is 10.6 Å². The van der Waals surface area contributed by atoms with Crippen LogP contribution in [0.2, 0.25) is 0 Å². The Balaban J connectivity index is 1.92. The Labute approximate surface area is 165 Å². The molecule has 0 saturated carbocycles. The summed E-state index contributed by atoms with van der Waals surface area (Å²) >= 11 is 0. The number of sulfonamides is 2. The summed E-state index contributed by atoms with van der Waals surface area (Å²) in [5.41, 5.74) is 2.03. The number of anilines is 2. The number of nitrogens with one attached hydrogen (secondary N) is 1. The Morgan fingerprint density at radius 1 is 1.11 bits per heavy atom. The molecule has 0 saturated heterocycles. The molecule has 0 radical (unpaired) electrons. The van der Waals surface area contributed by atoms with E-state index in [1.807, 2.05) is 6.92 Å². The molecule has 0 atom stereocenters. The second kappa shape index (κ2) is 7.71. The van der Waals surface area contributed by atoms with Crippen LogP contribution < -0.4 is 9.03 Å². The zero-order valence-corrected chi connectivity index (χ0v) is 17.4. The van der Waals surface area contributed by atoms with Crippen LogP contribution in [0.25, 0.3) is 0 Å². The van der Waals surface area contributed by atoms with Crippen LogP contribution in [-0.2, 0) is 26.5 Å². The van der Waals surface area contributed by atoms with Crippen molar-refractivity contribution in [2.24, 2.45) is 0 Å². The maximum Gasteiger partial charge on any atom is 0.262 e. The molecule has 1 N–H and O–H groups in total. The molecule has 0 aliphatic carbocycles. The lowest BCUT2D eigenvalue weighted by atomic mass is 10.0. The maximum absolute atomic E-state index is 13.3. The van der Waals surface area contributed by atoms with Crippen LogP contribution in [0.5, 0.6) is 0 Å². The molecular formula is C19H23FN2O4S2. The quantitative estimate of drug-likeness (QED) is 0.767. The van der Waals surface area contributed by atoms with Gasteiger partial charge in [0.25, 0.3) is 10.0 Å². The molecule has 0 aromatic heterocycles. The van der Waals surface area contributed by atoms with Gasteiger partial charge >= 0.3 is 0 Å². The number of halogens is 1. The average Bonchev–Trinajstić information content (AvgIpc) is 2.60. The molecule has 2 aromatic rings. The molecule has 0 spiro atoms. The fourth-order valence-corrected chi connectivity index (χ4v) is 6.31. The van der Waals surface area contributed by atoms with Crippen LogP contribution in [0.3, 0.4) is 0 Å². The summed E-state index contributed by atoms with van der Waals surface area (Å²) in [6, 6.07) is 8.35. The highest BCUT2D eigenvalue weighted by Gasteiger charge is 2.27. The summed E-state index contributed by atoms with van der Waals surface area (Å²) in [6.45, 7) is 3.77. The van der Waals surface area contributed by atoms with Crippen molar-refractivity contribution in [1.29, 1.82) is 0 Å². The van der Waals surface area contributed by atoms with Gasteiger partial charge in [-0.3, -0.25) is 9.03 Å². The topological polar surface area (TPSA) is 83.6 Å². The first-order valence-electron chi connectivity index (χ1n) is 9.06. The third-order valence-corrected chi connectivity index (χ3v) is 8.15. The van der Waals surface area contributed by atoms with Gasteiger partial charge in [-0.2, -0.15) is 0 Å². The first-order valence-corrected chi connectivity index (χ1v) is 12.2. The summed E-state index contributed by atoms with van der Waals surface area (Å²) in [5, 5.41) is 0. The summed E-state index contributed by atoms with van der Waals surface area (Å²) in [5.74, 6) is -0.427. The Hall–Kier alpha value is -2.13. The van der Waals surface area contributed by atoms with Gasteiger partial charge in [0, 0.05) is 12.2 Å². The second-order valence-corrected chi connectivity index (χ2v) is 10.5. The molecule has 9 heteroatoms. The minimum absolute atomic E-state index is 0.00114. The summed E-state index contributed by atoms with van der Waals surface area (Å²) in [7, 11) is -7.27. The van der Waals surface area contributed by atoms with E-state index in [1.54, 1.807) is 18.2 Å². The van der Waals surface area contributed by atoms with Gasteiger partial charge < -0.3 is 0 Å². The van der Waals surface area contributed by atoms with Crippen LogP contribution in [0.15, 0.2) is 41.3 Å². The van der Waals surface area contributed by atoms with E-state index in [4.69, 9.17) is 0 Å². The zero-order valence-electron chi connectivity index (χ0n) is 15.8. The fourth-order valence-electron chi connectivity index (χ4n) is 3.41. The molecule has 2 aromatic carbocycles. The van der Waals surface area contributed by atoms with Gasteiger partial charge in [0.1, 0.15) is 5.82 Å². The van der Waals surface area contributed by atoms with Gasteiger partial charge in [-0.05, 0) is 73.7 Å². The van der Waals surface area contributed by atoms with Crippen LogP contribution >= 0.6 is 0 Å². The van der Waals surface area contributed by atoms with E-state index >= 15 is 0 Å². The molecule has 1 aliphatic rings. The lowest BCUT2D eigenvalue weighted by Gasteiger charge is -2.30. The summed E-state index contributed by atoms with van der Waals surface area (Å²) in [4.78, 5) is -0.00114. The van der Waals surface area contributed by atoms with Gasteiger partial charge in [0.05, 0.1) is 16.3 Å². The highest BCUT2D eigenvalue weighted by Crippen LogP contribution is 2.32. The van der Waals surface area contributed by atoms with Crippen molar-refractivity contribution < 1.29 is 21.2 Å². The minimum atomic E-state index is -3.89. The number of hydrogen-bond donors (Lipinski definition) is 1. The molecule has 0 amide bonds. The first-order chi connectivity index (χ1) is 13.1. The Kier molecular flexibility index (Phi) is 5.67. The molecule has 1 heterocycles. The Morgan fingerprint density at radius 3 is 2.54 bits per heavy atom. The van der Waals surface area contributed by atoms with E-state index in [0.29, 0.717) is 42.7 Å². The smallest absolute Gasteiger partial charge is 0.262 e. The summed E-state index contributed by atoms with van der Waals surface area (Å²) < 4.78 is 67.5. The monoisotopic (exact) mass is 426 g/mol.